The molecule has 0 aromatic carbocycles. The minimum Gasteiger partial charge on any atom is -0.465 e. The van der Waals surface area contributed by atoms with Gasteiger partial charge in [0.2, 0.25) is 0 Å². The van der Waals surface area contributed by atoms with Gasteiger partial charge >= 0.3 is 5.97 Å². The number of carbonyl (C=O) groups is 1. The summed E-state index contributed by atoms with van der Waals surface area (Å²) < 4.78 is 10.3. The second kappa shape index (κ2) is 8.51. The van der Waals surface area contributed by atoms with Gasteiger partial charge in [0.25, 0.3) is 0 Å². The van der Waals surface area contributed by atoms with Crippen LogP contribution in [-0.2, 0) is 14.3 Å². The van der Waals surface area contributed by atoms with Gasteiger partial charge in [-0.1, -0.05) is 0 Å². The van der Waals surface area contributed by atoms with Crippen molar-refractivity contribution in [3.8, 4) is 0 Å². The van der Waals surface area contributed by atoms with E-state index in [2.05, 4.69) is 17.1 Å². The van der Waals surface area contributed by atoms with Crippen LogP contribution in [0.15, 0.2) is 0 Å². The highest BCUT2D eigenvalue weighted by Gasteiger charge is 2.37. The van der Waals surface area contributed by atoms with Crippen molar-refractivity contribution in [1.29, 1.82) is 0 Å². The third-order valence-electron chi connectivity index (χ3n) is 3.06. The molecule has 0 amide bonds. The van der Waals surface area contributed by atoms with E-state index in [4.69, 9.17) is 9.47 Å². The zero-order valence-electron chi connectivity index (χ0n) is 13.4. The van der Waals surface area contributed by atoms with Crippen molar-refractivity contribution in [1.82, 2.24) is 10.2 Å². The maximum Gasteiger partial charge on any atom is 0.327 e. The maximum atomic E-state index is 12.2. The number of carbonyl (C=O) groups excluding carboxylic acids is 1. The van der Waals surface area contributed by atoms with E-state index in [1.807, 2.05) is 34.7 Å². The molecule has 5 heteroatoms. The molecule has 0 aliphatic heterocycles. The molecule has 0 heterocycles. The standard InChI is InChI=1S/C14H30N2O3/c1-8-19-13(17)14(5,15-11(2)3)10-16(6)12(4)9-18-7/h11-12,15H,8-10H2,1-7H3. The summed E-state index contributed by atoms with van der Waals surface area (Å²) in [7, 11) is 3.67. The lowest BCUT2D eigenvalue weighted by Gasteiger charge is -2.36. The first-order chi connectivity index (χ1) is 8.76. The van der Waals surface area contributed by atoms with Crippen LogP contribution in [0, 0.1) is 0 Å². The molecule has 0 radical (unpaired) electrons. The lowest BCUT2D eigenvalue weighted by atomic mass is 10.00. The predicted molar refractivity (Wildman–Crippen MR) is 77.3 cm³/mol. The number of nitrogens with one attached hydrogen (secondary N) is 1. The average Bonchev–Trinajstić information content (AvgIpc) is 2.28. The Labute approximate surface area is 117 Å². The fourth-order valence-electron chi connectivity index (χ4n) is 2.12. The highest BCUT2D eigenvalue weighted by atomic mass is 16.5. The first-order valence-corrected chi connectivity index (χ1v) is 6.91. The van der Waals surface area contributed by atoms with Crippen molar-refractivity contribution < 1.29 is 14.3 Å². The molecule has 0 rings (SSSR count). The number of esters is 1. The van der Waals surface area contributed by atoms with Crippen LogP contribution in [0.25, 0.3) is 0 Å². The van der Waals surface area contributed by atoms with Crippen LogP contribution in [0.5, 0.6) is 0 Å². The number of hydrogen-bond acceptors (Lipinski definition) is 5. The minimum atomic E-state index is -0.707. The van der Waals surface area contributed by atoms with Crippen molar-refractivity contribution in [3.05, 3.63) is 0 Å². The van der Waals surface area contributed by atoms with E-state index in [1.54, 1.807) is 7.11 Å². The van der Waals surface area contributed by atoms with Gasteiger partial charge in [0.15, 0.2) is 0 Å². The monoisotopic (exact) mass is 274 g/mol. The predicted octanol–water partition coefficient (Wildman–Crippen LogP) is 1.27. The normalized spacial score (nSPS) is 16.5. The second-order valence-corrected chi connectivity index (χ2v) is 5.57. The molecule has 0 bridgehead atoms. The number of ether oxygens (including phenoxy) is 2. The zero-order chi connectivity index (χ0) is 15.1. The largest absolute Gasteiger partial charge is 0.465 e. The Morgan fingerprint density at radius 1 is 1.37 bits per heavy atom. The first kappa shape index (κ1) is 18.4. The van der Waals surface area contributed by atoms with Gasteiger partial charge in [0.1, 0.15) is 5.54 Å². The minimum absolute atomic E-state index is 0.208. The van der Waals surface area contributed by atoms with E-state index in [-0.39, 0.29) is 18.1 Å². The molecule has 2 atom stereocenters. The van der Waals surface area contributed by atoms with Gasteiger partial charge in [-0.2, -0.15) is 0 Å². The number of rotatable bonds is 9. The zero-order valence-corrected chi connectivity index (χ0v) is 13.4. The van der Waals surface area contributed by atoms with Gasteiger partial charge in [-0.15, -0.1) is 0 Å². The molecular formula is C14H30N2O3. The van der Waals surface area contributed by atoms with E-state index < -0.39 is 5.54 Å². The fraction of sp³-hybridized carbons (Fsp3) is 0.929. The topological polar surface area (TPSA) is 50.8 Å². The van der Waals surface area contributed by atoms with Gasteiger partial charge in [-0.3, -0.25) is 15.0 Å². The van der Waals surface area contributed by atoms with Gasteiger partial charge in [-0.05, 0) is 41.7 Å². The van der Waals surface area contributed by atoms with Crippen molar-refractivity contribution in [2.75, 3.05) is 33.9 Å². The number of methoxy groups -OCH3 is 1. The molecule has 0 spiro atoms. The van der Waals surface area contributed by atoms with Gasteiger partial charge < -0.3 is 9.47 Å². The summed E-state index contributed by atoms with van der Waals surface area (Å²) in [6.45, 7) is 11.4. The average molecular weight is 274 g/mol. The SMILES string of the molecule is CCOC(=O)C(C)(CN(C)C(C)COC)NC(C)C. The third kappa shape index (κ3) is 6.36. The summed E-state index contributed by atoms with van der Waals surface area (Å²) in [5.41, 5.74) is -0.707. The van der Waals surface area contributed by atoms with E-state index >= 15 is 0 Å². The molecule has 0 aliphatic carbocycles. The second-order valence-electron chi connectivity index (χ2n) is 5.57. The van der Waals surface area contributed by atoms with Crippen LogP contribution < -0.4 is 5.32 Å². The molecule has 2 unspecified atom stereocenters. The van der Waals surface area contributed by atoms with Crippen LogP contribution in [0.4, 0.5) is 0 Å². The molecule has 19 heavy (non-hydrogen) atoms. The van der Waals surface area contributed by atoms with E-state index in [0.29, 0.717) is 19.8 Å². The quantitative estimate of drug-likeness (QED) is 0.642. The summed E-state index contributed by atoms with van der Waals surface area (Å²) in [5.74, 6) is -0.208. The highest BCUT2D eigenvalue weighted by molar-refractivity contribution is 5.80. The van der Waals surface area contributed by atoms with Gasteiger partial charge in [-0.25, -0.2) is 0 Å². The number of likely N-dealkylation sites (N-methyl/N-ethyl adjacent to an activating group) is 1. The van der Waals surface area contributed by atoms with Crippen molar-refractivity contribution in [2.45, 2.75) is 52.2 Å². The van der Waals surface area contributed by atoms with Crippen molar-refractivity contribution >= 4 is 5.97 Å². The highest BCUT2D eigenvalue weighted by Crippen LogP contribution is 2.12. The Morgan fingerprint density at radius 2 is 1.95 bits per heavy atom. The lowest BCUT2D eigenvalue weighted by Crippen LogP contribution is -2.60. The van der Waals surface area contributed by atoms with E-state index in [1.165, 1.54) is 0 Å². The molecule has 0 saturated heterocycles. The number of hydrogen-bond donors (Lipinski definition) is 1. The smallest absolute Gasteiger partial charge is 0.327 e. The molecule has 1 N–H and O–H groups in total. The van der Waals surface area contributed by atoms with Gasteiger partial charge in [0, 0.05) is 25.7 Å². The maximum absolute atomic E-state index is 12.2. The Bertz CT molecular complexity index is 271. The van der Waals surface area contributed by atoms with Gasteiger partial charge in [0.05, 0.1) is 13.2 Å². The van der Waals surface area contributed by atoms with Crippen LogP contribution in [0.2, 0.25) is 0 Å². The molecular weight excluding hydrogens is 244 g/mol. The van der Waals surface area contributed by atoms with Crippen molar-refractivity contribution in [3.63, 3.8) is 0 Å². The summed E-state index contributed by atoms with van der Waals surface area (Å²) in [6, 6.07) is 0.452. The molecule has 0 aliphatic rings. The van der Waals surface area contributed by atoms with E-state index in [0.717, 1.165) is 0 Å². The first-order valence-electron chi connectivity index (χ1n) is 6.91. The third-order valence-corrected chi connectivity index (χ3v) is 3.06. The van der Waals surface area contributed by atoms with Crippen LogP contribution in [0.3, 0.4) is 0 Å². The Hall–Kier alpha value is -0.650. The number of nitrogens with zero attached hydrogens (tertiary/aromatic N) is 1. The Balaban J connectivity index is 4.79. The van der Waals surface area contributed by atoms with E-state index in [9.17, 15) is 4.79 Å². The van der Waals surface area contributed by atoms with Crippen molar-refractivity contribution in [2.24, 2.45) is 0 Å². The Kier molecular flexibility index (Phi) is 8.22. The summed E-state index contributed by atoms with van der Waals surface area (Å²) in [5, 5.41) is 3.31. The summed E-state index contributed by atoms with van der Waals surface area (Å²) in [4.78, 5) is 14.3. The van der Waals surface area contributed by atoms with Crippen LogP contribution in [0.1, 0.15) is 34.6 Å². The molecule has 0 aromatic rings. The summed E-state index contributed by atoms with van der Waals surface area (Å²) in [6.07, 6.45) is 0. The molecule has 0 fully saturated rings. The Morgan fingerprint density at radius 3 is 2.37 bits per heavy atom. The molecule has 114 valence electrons. The molecule has 0 aromatic heterocycles. The summed E-state index contributed by atoms with van der Waals surface area (Å²) >= 11 is 0. The van der Waals surface area contributed by atoms with Crippen LogP contribution >= 0.6 is 0 Å². The molecule has 5 nitrogen and oxygen atoms in total. The fourth-order valence-corrected chi connectivity index (χ4v) is 2.12. The van der Waals surface area contributed by atoms with Crippen LogP contribution in [-0.4, -0.2) is 62.4 Å². The lowest BCUT2D eigenvalue weighted by molar-refractivity contribution is -0.151. The molecule has 0 saturated carbocycles.